The van der Waals surface area contributed by atoms with Crippen molar-refractivity contribution >= 4 is 11.9 Å². The molecule has 0 aliphatic carbocycles. The lowest BCUT2D eigenvalue weighted by atomic mass is 10.0. The minimum Gasteiger partial charge on any atom is -0.480 e. The van der Waals surface area contributed by atoms with Crippen LogP contribution >= 0.6 is 0 Å². The van der Waals surface area contributed by atoms with Crippen molar-refractivity contribution in [2.75, 3.05) is 0 Å². The first-order valence-electron chi connectivity index (χ1n) is 5.52. The van der Waals surface area contributed by atoms with Crippen molar-refractivity contribution in [3.8, 4) is 0 Å². The molecule has 0 bridgehead atoms. The molecule has 1 aromatic carbocycles. The number of hydrogen-bond acceptors (Lipinski definition) is 2. The summed E-state index contributed by atoms with van der Waals surface area (Å²) >= 11 is 0. The van der Waals surface area contributed by atoms with E-state index in [2.05, 4.69) is 5.32 Å². The third-order valence-corrected chi connectivity index (χ3v) is 2.50. The Kier molecular flexibility index (Phi) is 4.26. The van der Waals surface area contributed by atoms with Gasteiger partial charge in [-0.1, -0.05) is 31.5 Å². The third kappa shape index (κ3) is 3.59. The standard InChI is InChI=1S/C13H17NO3/c1-8(2)11(13(16)17)14-12(15)10-6-4-5-9(3)7-10/h4-8,11H,1-3H3,(H,14,15)(H,16,17). The zero-order valence-electron chi connectivity index (χ0n) is 10.2. The first-order valence-corrected chi connectivity index (χ1v) is 5.52. The topological polar surface area (TPSA) is 66.4 Å². The van der Waals surface area contributed by atoms with E-state index in [0.29, 0.717) is 5.56 Å². The van der Waals surface area contributed by atoms with E-state index >= 15 is 0 Å². The van der Waals surface area contributed by atoms with Gasteiger partial charge in [-0.2, -0.15) is 0 Å². The summed E-state index contributed by atoms with van der Waals surface area (Å²) in [5.74, 6) is -1.52. The fraction of sp³-hybridized carbons (Fsp3) is 0.385. The van der Waals surface area contributed by atoms with E-state index in [1.54, 1.807) is 32.0 Å². The Labute approximate surface area is 101 Å². The largest absolute Gasteiger partial charge is 0.480 e. The summed E-state index contributed by atoms with van der Waals surface area (Å²) in [6.07, 6.45) is 0. The molecule has 1 unspecified atom stereocenters. The fourth-order valence-electron chi connectivity index (χ4n) is 1.52. The second kappa shape index (κ2) is 5.48. The quantitative estimate of drug-likeness (QED) is 0.836. The van der Waals surface area contributed by atoms with Gasteiger partial charge in [0, 0.05) is 5.56 Å². The van der Waals surface area contributed by atoms with E-state index in [1.165, 1.54) is 0 Å². The lowest BCUT2D eigenvalue weighted by Crippen LogP contribution is -2.44. The first kappa shape index (κ1) is 13.2. The summed E-state index contributed by atoms with van der Waals surface area (Å²) in [6.45, 7) is 5.40. The van der Waals surface area contributed by atoms with Crippen LogP contribution in [-0.4, -0.2) is 23.0 Å². The van der Waals surface area contributed by atoms with Crippen LogP contribution in [0.2, 0.25) is 0 Å². The van der Waals surface area contributed by atoms with E-state index in [0.717, 1.165) is 5.56 Å². The van der Waals surface area contributed by atoms with Gasteiger partial charge in [0.25, 0.3) is 5.91 Å². The highest BCUT2D eigenvalue weighted by atomic mass is 16.4. The first-order chi connectivity index (χ1) is 7.91. The Morgan fingerprint density at radius 2 is 1.94 bits per heavy atom. The van der Waals surface area contributed by atoms with Crippen molar-refractivity contribution in [2.45, 2.75) is 26.8 Å². The van der Waals surface area contributed by atoms with Crippen molar-refractivity contribution in [2.24, 2.45) is 5.92 Å². The van der Waals surface area contributed by atoms with Gasteiger partial charge in [0.2, 0.25) is 0 Å². The van der Waals surface area contributed by atoms with Crippen LogP contribution in [0.4, 0.5) is 0 Å². The minimum atomic E-state index is -1.01. The van der Waals surface area contributed by atoms with Crippen molar-refractivity contribution in [1.82, 2.24) is 5.32 Å². The average molecular weight is 235 g/mol. The number of carboxylic acid groups (broad SMARTS) is 1. The monoisotopic (exact) mass is 235 g/mol. The molecule has 0 aliphatic heterocycles. The molecule has 0 fully saturated rings. The molecule has 0 heterocycles. The third-order valence-electron chi connectivity index (χ3n) is 2.50. The Morgan fingerprint density at radius 1 is 1.29 bits per heavy atom. The second-order valence-electron chi connectivity index (χ2n) is 4.40. The molecular weight excluding hydrogens is 218 g/mol. The van der Waals surface area contributed by atoms with Gasteiger partial charge in [-0.15, -0.1) is 0 Å². The maximum atomic E-state index is 11.8. The summed E-state index contributed by atoms with van der Waals surface area (Å²) in [7, 11) is 0. The van der Waals surface area contributed by atoms with Crippen LogP contribution < -0.4 is 5.32 Å². The second-order valence-corrected chi connectivity index (χ2v) is 4.40. The normalized spacial score (nSPS) is 12.2. The molecule has 0 aromatic heterocycles. The van der Waals surface area contributed by atoms with E-state index in [1.807, 2.05) is 13.0 Å². The minimum absolute atomic E-state index is 0.152. The number of rotatable bonds is 4. The van der Waals surface area contributed by atoms with Gasteiger partial charge in [-0.05, 0) is 25.0 Å². The Hall–Kier alpha value is -1.84. The van der Waals surface area contributed by atoms with Crippen molar-refractivity contribution in [3.05, 3.63) is 35.4 Å². The highest BCUT2D eigenvalue weighted by Gasteiger charge is 2.23. The zero-order chi connectivity index (χ0) is 13.0. The molecule has 4 heteroatoms. The zero-order valence-corrected chi connectivity index (χ0v) is 10.2. The van der Waals surface area contributed by atoms with Gasteiger partial charge < -0.3 is 10.4 Å². The highest BCUT2D eigenvalue weighted by molar-refractivity contribution is 5.96. The lowest BCUT2D eigenvalue weighted by molar-refractivity contribution is -0.140. The van der Waals surface area contributed by atoms with Crippen LogP contribution in [0.3, 0.4) is 0 Å². The fourth-order valence-corrected chi connectivity index (χ4v) is 1.52. The summed E-state index contributed by atoms with van der Waals surface area (Å²) < 4.78 is 0. The highest BCUT2D eigenvalue weighted by Crippen LogP contribution is 2.07. The van der Waals surface area contributed by atoms with Crippen LogP contribution in [0.5, 0.6) is 0 Å². The van der Waals surface area contributed by atoms with Crippen LogP contribution in [0.1, 0.15) is 29.8 Å². The Bertz CT molecular complexity index is 426. The van der Waals surface area contributed by atoms with Gasteiger partial charge >= 0.3 is 5.97 Å². The SMILES string of the molecule is Cc1cccc(C(=O)NC(C(=O)O)C(C)C)c1. The molecule has 0 saturated heterocycles. The van der Waals surface area contributed by atoms with Crippen LogP contribution in [0, 0.1) is 12.8 Å². The molecule has 0 saturated carbocycles. The van der Waals surface area contributed by atoms with Crippen molar-refractivity contribution in [3.63, 3.8) is 0 Å². The van der Waals surface area contributed by atoms with Crippen molar-refractivity contribution < 1.29 is 14.7 Å². The van der Waals surface area contributed by atoms with E-state index in [-0.39, 0.29) is 11.8 Å². The van der Waals surface area contributed by atoms with E-state index in [4.69, 9.17) is 5.11 Å². The molecule has 1 atom stereocenters. The predicted octanol–water partition coefficient (Wildman–Crippen LogP) is 1.83. The number of hydrogen-bond donors (Lipinski definition) is 2. The molecule has 92 valence electrons. The number of benzene rings is 1. The van der Waals surface area contributed by atoms with Crippen LogP contribution in [-0.2, 0) is 4.79 Å². The number of aryl methyl sites for hydroxylation is 1. The molecule has 1 amide bonds. The Balaban J connectivity index is 2.81. The molecule has 0 aliphatic rings. The van der Waals surface area contributed by atoms with E-state index in [9.17, 15) is 9.59 Å². The van der Waals surface area contributed by atoms with Crippen molar-refractivity contribution in [1.29, 1.82) is 0 Å². The van der Waals surface area contributed by atoms with Gasteiger partial charge in [-0.3, -0.25) is 4.79 Å². The molecule has 2 N–H and O–H groups in total. The van der Waals surface area contributed by atoms with Crippen LogP contribution in [0.25, 0.3) is 0 Å². The molecule has 1 rings (SSSR count). The van der Waals surface area contributed by atoms with Gasteiger partial charge in [0.05, 0.1) is 0 Å². The van der Waals surface area contributed by atoms with Gasteiger partial charge in [0.15, 0.2) is 0 Å². The molecule has 17 heavy (non-hydrogen) atoms. The molecule has 4 nitrogen and oxygen atoms in total. The molecule has 1 aromatic rings. The molecule has 0 radical (unpaired) electrons. The van der Waals surface area contributed by atoms with Gasteiger partial charge in [0.1, 0.15) is 6.04 Å². The molecule has 0 spiro atoms. The number of amides is 1. The number of carbonyl (C=O) groups excluding carboxylic acids is 1. The summed E-state index contributed by atoms with van der Waals surface area (Å²) in [4.78, 5) is 22.8. The van der Waals surface area contributed by atoms with Crippen LogP contribution in [0.15, 0.2) is 24.3 Å². The van der Waals surface area contributed by atoms with E-state index < -0.39 is 12.0 Å². The predicted molar refractivity (Wildman–Crippen MR) is 64.9 cm³/mol. The summed E-state index contributed by atoms with van der Waals surface area (Å²) in [6, 6.07) is 6.20. The summed E-state index contributed by atoms with van der Waals surface area (Å²) in [5, 5.41) is 11.5. The smallest absolute Gasteiger partial charge is 0.326 e. The Morgan fingerprint density at radius 3 is 2.41 bits per heavy atom. The summed E-state index contributed by atoms with van der Waals surface area (Å²) in [5.41, 5.74) is 1.45. The molecular formula is C13H17NO3. The lowest BCUT2D eigenvalue weighted by Gasteiger charge is -2.17. The maximum absolute atomic E-state index is 11.8. The number of carboxylic acids is 1. The maximum Gasteiger partial charge on any atom is 0.326 e. The number of aliphatic carboxylic acids is 1. The van der Waals surface area contributed by atoms with Gasteiger partial charge in [-0.25, -0.2) is 4.79 Å². The number of nitrogens with one attached hydrogen (secondary N) is 1. The number of carbonyl (C=O) groups is 2. The average Bonchev–Trinajstić information content (AvgIpc) is 2.24.